The fourth-order valence-electron chi connectivity index (χ4n) is 3.39. The van der Waals surface area contributed by atoms with Crippen molar-refractivity contribution >= 4 is 23.5 Å². The van der Waals surface area contributed by atoms with Crippen LogP contribution in [0.3, 0.4) is 0 Å². The summed E-state index contributed by atoms with van der Waals surface area (Å²) in [6.45, 7) is 0. The Morgan fingerprint density at radius 1 is 1.25 bits per heavy atom. The Kier molecular flexibility index (Phi) is 5.86. The molecule has 0 bridgehead atoms. The molecule has 1 saturated carbocycles. The molecule has 1 fully saturated rings. The van der Waals surface area contributed by atoms with Crippen molar-refractivity contribution in [2.45, 2.75) is 42.9 Å². The van der Waals surface area contributed by atoms with Crippen LogP contribution in [0.15, 0.2) is 47.8 Å². The van der Waals surface area contributed by atoms with Gasteiger partial charge in [0.15, 0.2) is 5.82 Å². The molecule has 1 N–H and O–H groups in total. The number of carbonyl (C=O) groups excluding carboxylic acids is 1. The van der Waals surface area contributed by atoms with Crippen LogP contribution in [0.2, 0.25) is 0 Å². The molecule has 0 radical (unpaired) electrons. The third kappa shape index (κ3) is 4.35. The average molecular weight is 341 g/mol. The van der Waals surface area contributed by atoms with E-state index in [4.69, 9.17) is 0 Å². The highest BCUT2D eigenvalue weighted by Gasteiger charge is 2.27. The van der Waals surface area contributed by atoms with Gasteiger partial charge in [-0.15, -0.1) is 11.8 Å². The predicted octanol–water partition coefficient (Wildman–Crippen LogP) is 4.50. The fourth-order valence-corrected chi connectivity index (χ4v) is 3.80. The largest absolute Gasteiger partial charge is 0.309 e. The number of benzene rings is 1. The maximum atomic E-state index is 12.9. The molecule has 3 rings (SSSR count). The first kappa shape index (κ1) is 17.0. The molecule has 1 aliphatic carbocycles. The molecule has 1 aromatic heterocycles. The summed E-state index contributed by atoms with van der Waals surface area (Å²) in [6.07, 6.45) is 12.8. The van der Waals surface area contributed by atoms with E-state index in [0.717, 1.165) is 12.0 Å². The number of hydrogen-bond donors (Lipinski definition) is 1. The van der Waals surface area contributed by atoms with Gasteiger partial charge in [-0.05, 0) is 36.3 Å². The van der Waals surface area contributed by atoms with E-state index >= 15 is 0 Å². The second kappa shape index (κ2) is 8.29. The summed E-state index contributed by atoms with van der Waals surface area (Å²) in [6, 6.07) is 8.36. The lowest BCUT2D eigenvalue weighted by molar-refractivity contribution is -0.118. The molecule has 1 aliphatic rings. The Labute approximate surface area is 147 Å². The minimum atomic E-state index is -0.133. The minimum Gasteiger partial charge on any atom is -0.309 e. The number of rotatable bonds is 6. The summed E-state index contributed by atoms with van der Waals surface area (Å²) in [7, 11) is 0. The molecule has 5 heteroatoms. The molecule has 0 aliphatic heterocycles. The molecule has 1 aromatic carbocycles. The zero-order valence-corrected chi connectivity index (χ0v) is 14.8. The number of nitrogens with one attached hydrogen (secondary N) is 1. The molecule has 2 aromatic rings. The van der Waals surface area contributed by atoms with Gasteiger partial charge in [0.2, 0.25) is 5.91 Å². The second-order valence-corrected chi connectivity index (χ2v) is 7.17. The molecule has 1 unspecified atom stereocenters. The van der Waals surface area contributed by atoms with Gasteiger partial charge in [0.1, 0.15) is 0 Å². The highest BCUT2D eigenvalue weighted by molar-refractivity contribution is 7.98. The van der Waals surface area contributed by atoms with Crippen molar-refractivity contribution in [3.63, 3.8) is 0 Å². The van der Waals surface area contributed by atoms with Crippen molar-refractivity contribution in [2.24, 2.45) is 5.92 Å². The Bertz CT molecular complexity index is 654. The number of amides is 1. The van der Waals surface area contributed by atoms with E-state index in [1.807, 2.05) is 0 Å². The van der Waals surface area contributed by atoms with Crippen LogP contribution in [-0.4, -0.2) is 22.1 Å². The number of carbonyl (C=O) groups is 1. The van der Waals surface area contributed by atoms with Crippen molar-refractivity contribution in [1.29, 1.82) is 0 Å². The first-order valence-corrected chi connectivity index (χ1v) is 9.69. The van der Waals surface area contributed by atoms with Gasteiger partial charge in [0, 0.05) is 17.3 Å². The third-order valence-electron chi connectivity index (χ3n) is 4.69. The summed E-state index contributed by atoms with van der Waals surface area (Å²) in [5.41, 5.74) is 1.08. The van der Waals surface area contributed by atoms with Gasteiger partial charge in [-0.25, -0.2) is 4.98 Å². The quantitative estimate of drug-likeness (QED) is 0.786. The van der Waals surface area contributed by atoms with E-state index in [-0.39, 0.29) is 11.8 Å². The normalized spacial score (nSPS) is 16.0. The summed E-state index contributed by atoms with van der Waals surface area (Å²) < 4.78 is 0. The monoisotopic (exact) mass is 341 g/mol. The van der Waals surface area contributed by atoms with Crippen LogP contribution in [-0.2, 0) is 4.79 Å². The molecule has 0 saturated heterocycles. The molecule has 4 nitrogen and oxygen atoms in total. The number of hydrogen-bond acceptors (Lipinski definition) is 4. The second-order valence-electron chi connectivity index (χ2n) is 6.29. The predicted molar refractivity (Wildman–Crippen MR) is 98.2 cm³/mol. The van der Waals surface area contributed by atoms with Crippen LogP contribution in [0.4, 0.5) is 5.82 Å². The number of nitrogens with zero attached hydrogens (tertiary/aromatic N) is 2. The topological polar surface area (TPSA) is 54.9 Å². The Balaban J connectivity index is 1.78. The lowest BCUT2D eigenvalue weighted by atomic mass is 9.87. The summed E-state index contributed by atoms with van der Waals surface area (Å²) in [5.74, 6) is 1.04. The first-order chi connectivity index (χ1) is 11.8. The van der Waals surface area contributed by atoms with Crippen LogP contribution < -0.4 is 5.32 Å². The fraction of sp³-hybridized carbons (Fsp3) is 0.421. The zero-order chi connectivity index (χ0) is 16.8. The van der Waals surface area contributed by atoms with E-state index in [1.54, 1.807) is 30.4 Å². The van der Waals surface area contributed by atoms with E-state index in [2.05, 4.69) is 45.8 Å². The molecule has 126 valence electrons. The summed E-state index contributed by atoms with van der Waals surface area (Å²) >= 11 is 1.71. The zero-order valence-electron chi connectivity index (χ0n) is 13.9. The van der Waals surface area contributed by atoms with Gasteiger partial charge in [0.05, 0.1) is 12.1 Å². The molecular formula is C19H23N3OS. The van der Waals surface area contributed by atoms with Gasteiger partial charge < -0.3 is 5.32 Å². The maximum Gasteiger partial charge on any atom is 0.233 e. The first-order valence-electron chi connectivity index (χ1n) is 8.47. The van der Waals surface area contributed by atoms with Gasteiger partial charge in [0.25, 0.3) is 0 Å². The SMILES string of the molecule is CSc1ccc(C(CC2CCCC2)C(=O)Nc2cnccn2)cc1. The van der Waals surface area contributed by atoms with Crippen LogP contribution in [0.1, 0.15) is 43.6 Å². The third-order valence-corrected chi connectivity index (χ3v) is 5.44. The molecule has 1 atom stereocenters. The molecule has 1 amide bonds. The van der Waals surface area contributed by atoms with Crippen molar-refractivity contribution in [2.75, 3.05) is 11.6 Å². The van der Waals surface area contributed by atoms with Gasteiger partial charge in [-0.3, -0.25) is 9.78 Å². The van der Waals surface area contributed by atoms with Crippen LogP contribution in [0.25, 0.3) is 0 Å². The lowest BCUT2D eigenvalue weighted by Crippen LogP contribution is -2.23. The minimum absolute atomic E-state index is 0.0132. The smallest absolute Gasteiger partial charge is 0.233 e. The number of anilines is 1. The van der Waals surface area contributed by atoms with Crippen molar-refractivity contribution < 1.29 is 4.79 Å². The summed E-state index contributed by atoms with van der Waals surface area (Å²) in [4.78, 5) is 22.3. The van der Waals surface area contributed by atoms with E-state index in [9.17, 15) is 4.79 Å². The number of thioether (sulfide) groups is 1. The highest BCUT2D eigenvalue weighted by Crippen LogP contribution is 2.35. The molecule has 24 heavy (non-hydrogen) atoms. The van der Waals surface area contributed by atoms with E-state index < -0.39 is 0 Å². The summed E-state index contributed by atoms with van der Waals surface area (Å²) in [5, 5.41) is 2.93. The average Bonchev–Trinajstić information content (AvgIpc) is 3.14. The van der Waals surface area contributed by atoms with Crippen LogP contribution >= 0.6 is 11.8 Å². The highest BCUT2D eigenvalue weighted by atomic mass is 32.2. The molecule has 0 spiro atoms. The maximum absolute atomic E-state index is 12.9. The number of aromatic nitrogens is 2. The Morgan fingerprint density at radius 2 is 2.00 bits per heavy atom. The Hall–Kier alpha value is -1.88. The van der Waals surface area contributed by atoms with Gasteiger partial charge in [-0.1, -0.05) is 37.8 Å². The van der Waals surface area contributed by atoms with Gasteiger partial charge in [-0.2, -0.15) is 0 Å². The van der Waals surface area contributed by atoms with Crippen LogP contribution in [0.5, 0.6) is 0 Å². The Morgan fingerprint density at radius 3 is 2.62 bits per heavy atom. The lowest BCUT2D eigenvalue weighted by Gasteiger charge is -2.20. The van der Waals surface area contributed by atoms with E-state index in [1.165, 1.54) is 30.6 Å². The van der Waals surface area contributed by atoms with Crippen molar-refractivity contribution in [1.82, 2.24) is 9.97 Å². The van der Waals surface area contributed by atoms with Crippen molar-refractivity contribution in [3.8, 4) is 0 Å². The molecule has 1 heterocycles. The van der Waals surface area contributed by atoms with Crippen LogP contribution in [0, 0.1) is 5.92 Å². The van der Waals surface area contributed by atoms with E-state index in [0.29, 0.717) is 11.7 Å². The molecular weight excluding hydrogens is 318 g/mol. The van der Waals surface area contributed by atoms with Crippen molar-refractivity contribution in [3.05, 3.63) is 48.4 Å². The standard InChI is InChI=1S/C19H23N3OS/c1-24-16-8-6-15(7-9-16)17(12-14-4-2-3-5-14)19(23)22-18-13-20-10-11-21-18/h6-11,13-14,17H,2-5,12H2,1H3,(H,21,22,23). The van der Waals surface area contributed by atoms with Gasteiger partial charge >= 0.3 is 0 Å².